The number of alkyl halides is 3. The van der Waals surface area contributed by atoms with Crippen molar-refractivity contribution in [1.82, 2.24) is 14.7 Å². The fraction of sp³-hybridized carbons (Fsp3) is 0.680. The summed E-state index contributed by atoms with van der Waals surface area (Å²) in [5.41, 5.74) is -0.204. The molecule has 2 amide bonds. The SMILES string of the molecule is CN(C)C(=O)C(CCN1CCC2(CC2)[C@H](O)C1)N1CCN(c2cccc(C(F)(F)F)c2)CCC1=O. The average Bonchev–Trinajstić information content (AvgIpc) is 3.61. The number of likely N-dealkylation sites (tertiary alicyclic amines) is 1. The second-order valence-electron chi connectivity index (χ2n) is 10.3. The molecule has 1 aromatic carbocycles. The smallest absolute Gasteiger partial charge is 0.391 e. The third-order valence-electron chi connectivity index (χ3n) is 7.84. The van der Waals surface area contributed by atoms with E-state index in [9.17, 15) is 27.9 Å². The van der Waals surface area contributed by atoms with Crippen molar-refractivity contribution in [3.63, 3.8) is 0 Å². The standard InChI is InChI=1S/C25H35F3N4O3/c1-29(2)23(35)20(6-11-30-13-10-24(8-9-24)21(33)17-30)32-15-14-31(12-7-22(32)34)19-5-3-4-18(16-19)25(26,27)28/h3-5,16,20-21,33H,6-15,17H2,1-2H3/t20?,21-/m1/s1. The minimum Gasteiger partial charge on any atom is -0.391 e. The lowest BCUT2D eigenvalue weighted by molar-refractivity contribution is -0.144. The van der Waals surface area contributed by atoms with Crippen LogP contribution in [0.1, 0.15) is 37.7 Å². The van der Waals surface area contributed by atoms with Crippen molar-refractivity contribution in [3.8, 4) is 0 Å². The second-order valence-corrected chi connectivity index (χ2v) is 10.3. The fourth-order valence-electron chi connectivity index (χ4n) is 5.35. The summed E-state index contributed by atoms with van der Waals surface area (Å²) in [7, 11) is 3.32. The summed E-state index contributed by atoms with van der Waals surface area (Å²) in [5, 5.41) is 10.5. The van der Waals surface area contributed by atoms with Gasteiger partial charge >= 0.3 is 6.18 Å². The van der Waals surface area contributed by atoms with Crippen LogP contribution in [-0.4, -0.2) is 97.1 Å². The number of anilines is 1. The molecule has 194 valence electrons. The van der Waals surface area contributed by atoms with E-state index in [1.54, 1.807) is 30.0 Å². The van der Waals surface area contributed by atoms with Crippen molar-refractivity contribution in [2.75, 3.05) is 58.3 Å². The van der Waals surface area contributed by atoms with Crippen LogP contribution in [0.5, 0.6) is 0 Å². The topological polar surface area (TPSA) is 67.3 Å². The van der Waals surface area contributed by atoms with Crippen LogP contribution in [0.25, 0.3) is 0 Å². The number of hydrogen-bond acceptors (Lipinski definition) is 5. The average molecular weight is 497 g/mol. The first-order valence-electron chi connectivity index (χ1n) is 12.3. The normalized spacial score (nSPS) is 23.8. The van der Waals surface area contributed by atoms with Crippen LogP contribution >= 0.6 is 0 Å². The number of aliphatic hydroxyl groups is 1. The number of nitrogens with zero attached hydrogens (tertiary/aromatic N) is 4. The Morgan fingerprint density at radius 1 is 1.17 bits per heavy atom. The van der Waals surface area contributed by atoms with Crippen LogP contribution in [0.4, 0.5) is 18.9 Å². The maximum Gasteiger partial charge on any atom is 0.416 e. The van der Waals surface area contributed by atoms with Gasteiger partial charge in [-0.25, -0.2) is 0 Å². The molecule has 3 fully saturated rings. The van der Waals surface area contributed by atoms with Crippen molar-refractivity contribution < 1.29 is 27.9 Å². The lowest BCUT2D eigenvalue weighted by atomic mass is 9.90. The van der Waals surface area contributed by atoms with Crippen LogP contribution < -0.4 is 4.90 Å². The summed E-state index contributed by atoms with van der Waals surface area (Å²) in [6, 6.07) is 4.49. The molecule has 1 saturated carbocycles. The molecule has 0 aromatic heterocycles. The summed E-state index contributed by atoms with van der Waals surface area (Å²) in [4.78, 5) is 33.2. The minimum absolute atomic E-state index is 0.100. The fourth-order valence-corrected chi connectivity index (χ4v) is 5.35. The molecule has 1 aliphatic carbocycles. The second kappa shape index (κ2) is 9.97. The number of halogens is 3. The molecule has 1 aromatic rings. The summed E-state index contributed by atoms with van der Waals surface area (Å²) >= 11 is 0. The molecule has 1 N–H and O–H groups in total. The van der Waals surface area contributed by atoms with E-state index >= 15 is 0 Å². The molecule has 0 bridgehead atoms. The Morgan fingerprint density at radius 2 is 1.91 bits per heavy atom. The zero-order valence-corrected chi connectivity index (χ0v) is 20.4. The van der Waals surface area contributed by atoms with Crippen LogP contribution in [0.2, 0.25) is 0 Å². The van der Waals surface area contributed by atoms with Gasteiger partial charge in [0.2, 0.25) is 11.8 Å². The maximum atomic E-state index is 13.2. The number of aliphatic hydroxyl groups excluding tert-OH is 1. The number of carbonyl (C=O) groups excluding carboxylic acids is 2. The van der Waals surface area contributed by atoms with Gasteiger partial charge in [-0.15, -0.1) is 0 Å². The number of rotatable bonds is 6. The third-order valence-corrected chi connectivity index (χ3v) is 7.84. The van der Waals surface area contributed by atoms with Gasteiger partial charge in [0, 0.05) is 58.9 Å². The van der Waals surface area contributed by atoms with E-state index in [1.165, 1.54) is 11.0 Å². The van der Waals surface area contributed by atoms with Gasteiger partial charge in [-0.2, -0.15) is 13.2 Å². The highest BCUT2D eigenvalue weighted by molar-refractivity contribution is 5.88. The Bertz CT molecular complexity index is 935. The molecule has 1 spiro atoms. The quantitative estimate of drug-likeness (QED) is 0.656. The summed E-state index contributed by atoms with van der Waals surface area (Å²) < 4.78 is 39.5. The summed E-state index contributed by atoms with van der Waals surface area (Å²) in [6.07, 6.45) is -1.10. The summed E-state index contributed by atoms with van der Waals surface area (Å²) in [6.45, 7) is 2.94. The molecule has 2 saturated heterocycles. The molecule has 2 aliphatic heterocycles. The predicted octanol–water partition coefficient (Wildman–Crippen LogP) is 2.44. The van der Waals surface area contributed by atoms with Gasteiger partial charge in [0.1, 0.15) is 6.04 Å². The zero-order chi connectivity index (χ0) is 25.4. The molecule has 0 radical (unpaired) electrons. The largest absolute Gasteiger partial charge is 0.416 e. The number of likely N-dealkylation sites (N-methyl/N-ethyl adjacent to an activating group) is 1. The first kappa shape index (κ1) is 25.8. The molecular formula is C25H35F3N4O3. The van der Waals surface area contributed by atoms with E-state index in [0.29, 0.717) is 38.3 Å². The van der Waals surface area contributed by atoms with Crippen molar-refractivity contribution in [3.05, 3.63) is 29.8 Å². The van der Waals surface area contributed by atoms with E-state index in [4.69, 9.17) is 0 Å². The van der Waals surface area contributed by atoms with Gasteiger partial charge in [0.25, 0.3) is 0 Å². The van der Waals surface area contributed by atoms with E-state index in [-0.39, 0.29) is 36.3 Å². The van der Waals surface area contributed by atoms with E-state index in [2.05, 4.69) is 4.90 Å². The Hall–Kier alpha value is -2.33. The van der Waals surface area contributed by atoms with Crippen molar-refractivity contribution in [1.29, 1.82) is 0 Å². The number of carbonyl (C=O) groups is 2. The van der Waals surface area contributed by atoms with Gasteiger partial charge in [0.15, 0.2) is 0 Å². The lowest BCUT2D eigenvalue weighted by Crippen LogP contribution is -2.52. The number of amides is 2. The molecule has 35 heavy (non-hydrogen) atoms. The molecular weight excluding hydrogens is 461 g/mol. The monoisotopic (exact) mass is 496 g/mol. The molecule has 2 atom stereocenters. The maximum absolute atomic E-state index is 13.2. The molecule has 3 aliphatic rings. The number of piperidine rings is 1. The highest BCUT2D eigenvalue weighted by Gasteiger charge is 2.51. The van der Waals surface area contributed by atoms with Crippen LogP contribution in [0.3, 0.4) is 0 Å². The van der Waals surface area contributed by atoms with Crippen LogP contribution in [0, 0.1) is 5.41 Å². The Balaban J connectivity index is 1.44. The number of hydrogen-bond donors (Lipinski definition) is 1. The van der Waals surface area contributed by atoms with Gasteiger partial charge in [-0.3, -0.25) is 9.59 Å². The van der Waals surface area contributed by atoms with Crippen LogP contribution in [0.15, 0.2) is 24.3 Å². The predicted molar refractivity (Wildman–Crippen MR) is 126 cm³/mol. The van der Waals surface area contributed by atoms with Gasteiger partial charge < -0.3 is 24.7 Å². The first-order chi connectivity index (χ1) is 16.5. The van der Waals surface area contributed by atoms with E-state index in [1.807, 2.05) is 0 Å². The van der Waals surface area contributed by atoms with Gasteiger partial charge in [0.05, 0.1) is 11.7 Å². The third kappa shape index (κ3) is 5.74. The molecule has 2 heterocycles. The van der Waals surface area contributed by atoms with Crippen molar-refractivity contribution in [2.45, 2.75) is 50.4 Å². The molecule has 4 rings (SSSR count). The summed E-state index contributed by atoms with van der Waals surface area (Å²) in [5.74, 6) is -0.336. The first-order valence-corrected chi connectivity index (χ1v) is 12.3. The Kier molecular flexibility index (Phi) is 7.33. The zero-order valence-electron chi connectivity index (χ0n) is 20.4. The molecule has 7 nitrogen and oxygen atoms in total. The highest BCUT2D eigenvalue weighted by Crippen LogP contribution is 2.53. The lowest BCUT2D eigenvalue weighted by Gasteiger charge is -2.38. The van der Waals surface area contributed by atoms with Crippen molar-refractivity contribution >= 4 is 17.5 Å². The van der Waals surface area contributed by atoms with Crippen LogP contribution in [-0.2, 0) is 15.8 Å². The van der Waals surface area contributed by atoms with Crippen molar-refractivity contribution in [2.24, 2.45) is 5.41 Å². The highest BCUT2D eigenvalue weighted by atomic mass is 19.4. The van der Waals surface area contributed by atoms with E-state index in [0.717, 1.165) is 37.9 Å². The minimum atomic E-state index is -4.44. The number of benzene rings is 1. The van der Waals surface area contributed by atoms with Gasteiger partial charge in [-0.1, -0.05) is 6.07 Å². The van der Waals surface area contributed by atoms with E-state index < -0.39 is 17.8 Å². The van der Waals surface area contributed by atoms with Gasteiger partial charge in [-0.05, 0) is 55.8 Å². The molecule has 1 unspecified atom stereocenters. The molecule has 10 heteroatoms. The Morgan fingerprint density at radius 3 is 2.54 bits per heavy atom. The Labute approximate surface area is 204 Å². The number of β-amino-alcohol motifs (C(OH)–C–C–N with tert-alkyl or cyclic N) is 1.